The zero-order valence-corrected chi connectivity index (χ0v) is 15.0. The van der Waals surface area contributed by atoms with Gasteiger partial charge < -0.3 is 28.2 Å². The molecule has 0 heterocycles. The monoisotopic (exact) mass is 365 g/mol. The van der Waals surface area contributed by atoms with Crippen molar-refractivity contribution < 1.29 is 79.7 Å². The van der Waals surface area contributed by atoms with Gasteiger partial charge in [-0.3, -0.25) is 4.79 Å². The van der Waals surface area contributed by atoms with Crippen LogP contribution in [0.25, 0.3) is 0 Å². The smallest absolute Gasteiger partial charge is 0.248 e. The van der Waals surface area contributed by atoms with Crippen molar-refractivity contribution in [2.75, 3.05) is 40.0 Å². The third-order valence-electron chi connectivity index (χ3n) is 1.51. The number of carbonyl (C=O) groups excluding carboxylic acids is 1. The Balaban J connectivity index is -0.000000720. The van der Waals surface area contributed by atoms with Crippen LogP contribution in [-0.2, 0) is 79.7 Å². The molecular weight excluding hydrogens is 348 g/mol. The van der Waals surface area contributed by atoms with Gasteiger partial charge >= 0.3 is 0 Å². The first-order valence-electron chi connectivity index (χ1n) is 4.20. The Labute approximate surface area is 143 Å². The molecule has 0 fully saturated rings. The Bertz CT molecular complexity index is 147. The van der Waals surface area contributed by atoms with Gasteiger partial charge in [0.1, 0.15) is 6.61 Å². The molecule has 1 amide bonds. The van der Waals surface area contributed by atoms with E-state index in [2.05, 4.69) is 13.8 Å². The van der Waals surface area contributed by atoms with Crippen molar-refractivity contribution in [3.63, 3.8) is 0 Å². The Kier molecular flexibility index (Phi) is 22.7. The quantitative estimate of drug-likeness (QED) is 0.476. The third-order valence-corrected chi connectivity index (χ3v) is 1.51. The van der Waals surface area contributed by atoms with E-state index in [1.165, 1.54) is 0 Å². The van der Waals surface area contributed by atoms with Gasteiger partial charge in [0.2, 0.25) is 5.91 Å². The van der Waals surface area contributed by atoms with E-state index in [1.807, 2.05) is 0 Å². The predicted molar refractivity (Wildman–Crippen MR) is 50.0 cm³/mol. The molecule has 0 aliphatic carbocycles. The van der Waals surface area contributed by atoms with Gasteiger partial charge in [-0.05, 0) is 0 Å². The number of ether oxygens (including phenoxy) is 2. The summed E-state index contributed by atoms with van der Waals surface area (Å²) in [6.45, 7) is 8.89. The summed E-state index contributed by atoms with van der Waals surface area (Å²) in [7, 11) is 1.71. The van der Waals surface area contributed by atoms with Crippen LogP contribution in [0.15, 0.2) is 0 Å². The normalized spacial score (nSPS) is 8.73. The molecule has 0 aromatic rings. The van der Waals surface area contributed by atoms with Crippen LogP contribution in [0, 0.1) is 13.8 Å². The van der Waals surface area contributed by atoms with Crippen molar-refractivity contribution in [2.24, 2.45) is 0 Å². The fourth-order valence-corrected chi connectivity index (χ4v) is 0.698. The Morgan fingerprint density at radius 2 is 1.73 bits per heavy atom. The third kappa shape index (κ3) is 13.5. The SMILES string of the molecule is [CH2-]COCCN(C)C(=O)COC[CH2-].[Y].[Y]. The molecule has 0 bridgehead atoms. The van der Waals surface area contributed by atoms with E-state index in [1.54, 1.807) is 11.9 Å². The van der Waals surface area contributed by atoms with E-state index in [9.17, 15) is 4.79 Å². The van der Waals surface area contributed by atoms with Crippen LogP contribution in [0.5, 0.6) is 0 Å². The fourth-order valence-electron chi connectivity index (χ4n) is 0.698. The van der Waals surface area contributed by atoms with Crippen LogP contribution in [0.4, 0.5) is 0 Å². The second-order valence-electron chi connectivity index (χ2n) is 2.48. The molecule has 0 aliphatic rings. The number of carbonyl (C=O) groups is 1. The first kappa shape index (κ1) is 21.8. The zero-order chi connectivity index (χ0) is 10.1. The van der Waals surface area contributed by atoms with E-state index in [0.717, 1.165) is 0 Å². The molecule has 84 valence electrons. The molecule has 0 aromatic carbocycles. The molecule has 6 heteroatoms. The maximum atomic E-state index is 11.2. The van der Waals surface area contributed by atoms with Crippen molar-refractivity contribution in [1.29, 1.82) is 0 Å². The van der Waals surface area contributed by atoms with Gasteiger partial charge in [-0.2, -0.15) is 0 Å². The molecule has 0 spiro atoms. The van der Waals surface area contributed by atoms with Gasteiger partial charge in [-0.25, -0.2) is 0 Å². The fraction of sp³-hybridized carbons (Fsp3) is 0.667. The number of likely N-dealkylation sites (N-methyl/N-ethyl adjacent to an activating group) is 1. The van der Waals surface area contributed by atoms with Gasteiger partial charge in [0.15, 0.2) is 0 Å². The minimum atomic E-state index is -0.0590. The van der Waals surface area contributed by atoms with Crippen LogP contribution in [0.2, 0.25) is 0 Å². The molecule has 0 unspecified atom stereocenters. The van der Waals surface area contributed by atoms with E-state index in [-0.39, 0.29) is 77.9 Å². The average Bonchev–Trinajstić information content (AvgIpc) is 2.14. The molecule has 0 saturated heterocycles. The molecule has 0 aromatic heterocycles. The van der Waals surface area contributed by atoms with Crippen molar-refractivity contribution in [1.82, 2.24) is 4.90 Å². The molecule has 2 radical (unpaired) electrons. The van der Waals surface area contributed by atoms with Gasteiger partial charge in [0.25, 0.3) is 0 Å². The van der Waals surface area contributed by atoms with E-state index >= 15 is 0 Å². The molecule has 0 rings (SSSR count). The molecule has 15 heavy (non-hydrogen) atoms. The summed E-state index contributed by atoms with van der Waals surface area (Å²) < 4.78 is 9.87. The largest absolute Gasteiger partial charge is 0.412 e. The van der Waals surface area contributed by atoms with Crippen LogP contribution in [-0.4, -0.2) is 50.8 Å². The van der Waals surface area contributed by atoms with Crippen LogP contribution in [0.1, 0.15) is 0 Å². The summed E-state index contributed by atoms with van der Waals surface area (Å²) in [6.07, 6.45) is 0. The summed E-state index contributed by atoms with van der Waals surface area (Å²) in [6, 6.07) is 0. The second-order valence-corrected chi connectivity index (χ2v) is 2.48. The predicted octanol–water partition coefficient (Wildman–Crippen LogP) is 0.141. The van der Waals surface area contributed by atoms with Gasteiger partial charge in [0, 0.05) is 79.0 Å². The van der Waals surface area contributed by atoms with E-state index in [0.29, 0.717) is 26.4 Å². The van der Waals surface area contributed by atoms with Gasteiger partial charge in [-0.1, -0.05) is 13.2 Å². The maximum absolute atomic E-state index is 11.2. The van der Waals surface area contributed by atoms with Crippen molar-refractivity contribution >= 4 is 5.91 Å². The first-order chi connectivity index (χ1) is 6.22. The maximum Gasteiger partial charge on any atom is 0.248 e. The summed E-state index contributed by atoms with van der Waals surface area (Å²) in [5, 5.41) is 0. The van der Waals surface area contributed by atoms with Crippen LogP contribution >= 0.6 is 0 Å². The first-order valence-corrected chi connectivity index (χ1v) is 4.20. The number of nitrogens with zero attached hydrogens (tertiary/aromatic N) is 1. The van der Waals surface area contributed by atoms with E-state index < -0.39 is 0 Å². The number of hydrogen-bond donors (Lipinski definition) is 0. The minimum Gasteiger partial charge on any atom is -0.412 e. The molecular formula is C9H17NO3Y2-2. The molecule has 0 aliphatic heterocycles. The average molecular weight is 365 g/mol. The van der Waals surface area contributed by atoms with Gasteiger partial charge in [-0.15, -0.1) is 0 Å². The van der Waals surface area contributed by atoms with Crippen molar-refractivity contribution in [3.05, 3.63) is 13.8 Å². The second kappa shape index (κ2) is 15.6. The summed E-state index contributed by atoms with van der Waals surface area (Å²) >= 11 is 0. The Hall–Kier alpha value is 1.60. The minimum absolute atomic E-state index is 0. The topological polar surface area (TPSA) is 38.8 Å². The van der Waals surface area contributed by atoms with Gasteiger partial charge in [0.05, 0.1) is 6.61 Å². The summed E-state index contributed by atoms with van der Waals surface area (Å²) in [5.74, 6) is -0.0590. The molecule has 0 atom stereocenters. The summed E-state index contributed by atoms with van der Waals surface area (Å²) in [5.41, 5.74) is 0. The molecule has 0 saturated carbocycles. The Morgan fingerprint density at radius 1 is 1.20 bits per heavy atom. The van der Waals surface area contributed by atoms with Crippen molar-refractivity contribution in [2.45, 2.75) is 0 Å². The van der Waals surface area contributed by atoms with E-state index in [4.69, 9.17) is 9.47 Å². The van der Waals surface area contributed by atoms with Crippen molar-refractivity contribution in [3.8, 4) is 0 Å². The summed E-state index contributed by atoms with van der Waals surface area (Å²) in [4.78, 5) is 12.8. The number of rotatable bonds is 7. The standard InChI is InChI=1S/C9H17NO3.2Y/c1-4-12-7-6-10(3)9(11)8-13-5-2;;/h1-2,4-8H2,3H3;;/q-2;;. The zero-order valence-electron chi connectivity index (χ0n) is 9.28. The Morgan fingerprint density at radius 3 is 2.20 bits per heavy atom. The number of amides is 1. The van der Waals surface area contributed by atoms with Crippen LogP contribution < -0.4 is 0 Å². The molecule has 4 nitrogen and oxygen atoms in total. The molecule has 0 N–H and O–H groups in total. The van der Waals surface area contributed by atoms with Crippen LogP contribution in [0.3, 0.4) is 0 Å². The number of hydrogen-bond acceptors (Lipinski definition) is 3.